The van der Waals surface area contributed by atoms with Crippen molar-refractivity contribution in [1.82, 2.24) is 10.2 Å². The van der Waals surface area contributed by atoms with Gasteiger partial charge in [-0.15, -0.1) is 0 Å². The van der Waals surface area contributed by atoms with E-state index in [0.29, 0.717) is 22.3 Å². The molecule has 5 nitrogen and oxygen atoms in total. The molecule has 1 amide bonds. The van der Waals surface area contributed by atoms with Crippen LogP contribution in [0.4, 0.5) is 4.39 Å². The summed E-state index contributed by atoms with van der Waals surface area (Å²) in [5, 5.41) is 3.37. The number of ether oxygens (including phenoxy) is 2. The zero-order chi connectivity index (χ0) is 24.2. The molecule has 1 aliphatic heterocycles. The lowest BCUT2D eigenvalue weighted by Crippen LogP contribution is -2.33. The summed E-state index contributed by atoms with van der Waals surface area (Å²) in [6.45, 7) is 2.10. The summed E-state index contributed by atoms with van der Waals surface area (Å²) >= 11 is 11.3. The fraction of sp³-hybridized carbons (Fsp3) is 0.154. The maximum Gasteiger partial charge on any atom is 0.277 e. The first kappa shape index (κ1) is 23.7. The zero-order valence-electron chi connectivity index (χ0n) is 18.5. The molecule has 34 heavy (non-hydrogen) atoms. The van der Waals surface area contributed by atoms with Crippen LogP contribution in [0.2, 0.25) is 5.02 Å². The van der Waals surface area contributed by atoms with Gasteiger partial charge in [0.15, 0.2) is 5.11 Å². The molecule has 1 N–H and O–H groups in total. The monoisotopic (exact) mass is 496 g/mol. The maximum absolute atomic E-state index is 13.4. The Kier molecular flexibility index (Phi) is 7.14. The van der Waals surface area contributed by atoms with E-state index in [0.717, 1.165) is 16.7 Å². The molecule has 1 fully saturated rings. The number of halogens is 2. The van der Waals surface area contributed by atoms with E-state index in [4.69, 9.17) is 33.3 Å². The van der Waals surface area contributed by atoms with Crippen LogP contribution < -0.4 is 14.8 Å². The lowest BCUT2D eigenvalue weighted by atomic mass is 10.1. The van der Waals surface area contributed by atoms with Crippen LogP contribution in [0.3, 0.4) is 0 Å². The number of nitrogens with zero attached hydrogens (tertiary/aromatic N) is 1. The van der Waals surface area contributed by atoms with Crippen molar-refractivity contribution in [2.24, 2.45) is 0 Å². The summed E-state index contributed by atoms with van der Waals surface area (Å²) in [5.41, 5.74) is 2.89. The molecular formula is C26H22ClFN2O3S. The van der Waals surface area contributed by atoms with E-state index in [1.165, 1.54) is 18.2 Å². The van der Waals surface area contributed by atoms with Crippen LogP contribution in [0.25, 0.3) is 6.08 Å². The first-order valence-electron chi connectivity index (χ1n) is 10.5. The molecule has 3 aromatic rings. The lowest BCUT2D eigenvalue weighted by molar-refractivity contribution is -0.123. The van der Waals surface area contributed by atoms with Gasteiger partial charge in [-0.2, -0.15) is 0 Å². The quantitative estimate of drug-likeness (QED) is 0.327. The van der Waals surface area contributed by atoms with Crippen molar-refractivity contribution in [2.45, 2.75) is 19.6 Å². The van der Waals surface area contributed by atoms with Crippen LogP contribution in [-0.2, 0) is 11.4 Å². The van der Waals surface area contributed by atoms with Crippen LogP contribution in [0, 0.1) is 5.82 Å². The van der Waals surface area contributed by atoms with Gasteiger partial charge in [-0.25, -0.2) is 4.39 Å². The summed E-state index contributed by atoms with van der Waals surface area (Å²) in [6, 6.07) is 19.2. The second kappa shape index (κ2) is 10.2. The van der Waals surface area contributed by atoms with Crippen molar-refractivity contribution >= 4 is 40.9 Å². The van der Waals surface area contributed by atoms with Gasteiger partial charge in [0.1, 0.15) is 29.6 Å². The minimum atomic E-state index is -0.512. The van der Waals surface area contributed by atoms with Gasteiger partial charge in [0.25, 0.3) is 5.91 Å². The average Bonchev–Trinajstić information content (AvgIpc) is 3.12. The molecule has 4 rings (SSSR count). The highest BCUT2D eigenvalue weighted by atomic mass is 35.5. The molecule has 1 atom stereocenters. The highest BCUT2D eigenvalue weighted by Crippen LogP contribution is 2.28. The van der Waals surface area contributed by atoms with E-state index in [9.17, 15) is 9.18 Å². The molecule has 0 bridgehead atoms. The molecule has 174 valence electrons. The molecule has 0 spiro atoms. The third kappa shape index (κ3) is 5.05. The predicted octanol–water partition coefficient (Wildman–Crippen LogP) is 5.89. The first-order valence-corrected chi connectivity index (χ1v) is 11.3. The van der Waals surface area contributed by atoms with Gasteiger partial charge in [0.05, 0.1) is 18.2 Å². The molecule has 0 saturated carbocycles. The standard InChI is InChI=1S/C26H22ClFN2O3S/c1-16(18-6-4-3-5-7-18)30-25(31)23(29-26(30)34)13-17-8-11-24(32-2)19(12-17)15-33-20-9-10-22(28)21(27)14-20/h3-14,16H,15H2,1-2H3,(H,29,34)/b23-13-. The Balaban J connectivity index is 1.55. The Morgan fingerprint density at radius 2 is 1.91 bits per heavy atom. The average molecular weight is 497 g/mol. The molecular weight excluding hydrogens is 475 g/mol. The van der Waals surface area contributed by atoms with Crippen molar-refractivity contribution in [1.29, 1.82) is 0 Å². The minimum Gasteiger partial charge on any atom is -0.496 e. The van der Waals surface area contributed by atoms with E-state index in [1.807, 2.05) is 49.4 Å². The zero-order valence-corrected chi connectivity index (χ0v) is 20.1. The molecule has 0 aliphatic carbocycles. The van der Waals surface area contributed by atoms with Crippen molar-refractivity contribution in [3.05, 3.63) is 100.0 Å². The van der Waals surface area contributed by atoms with E-state index >= 15 is 0 Å². The molecule has 1 aliphatic rings. The summed E-state index contributed by atoms with van der Waals surface area (Å²) in [5.74, 6) is 0.343. The van der Waals surface area contributed by atoms with E-state index < -0.39 is 5.82 Å². The van der Waals surface area contributed by atoms with Gasteiger partial charge in [0.2, 0.25) is 0 Å². The van der Waals surface area contributed by atoms with Crippen LogP contribution in [0.5, 0.6) is 11.5 Å². The third-order valence-corrected chi connectivity index (χ3v) is 6.07. The van der Waals surface area contributed by atoms with Crippen molar-refractivity contribution in [2.75, 3.05) is 7.11 Å². The number of methoxy groups -OCH3 is 1. The fourth-order valence-corrected chi connectivity index (χ4v) is 4.20. The molecule has 0 radical (unpaired) electrons. The summed E-state index contributed by atoms with van der Waals surface area (Å²) < 4.78 is 24.6. The molecule has 1 saturated heterocycles. The number of carbonyl (C=O) groups is 1. The largest absolute Gasteiger partial charge is 0.496 e. The van der Waals surface area contributed by atoms with E-state index in [1.54, 1.807) is 24.2 Å². The molecule has 3 aromatic carbocycles. The van der Waals surface area contributed by atoms with E-state index in [-0.39, 0.29) is 23.6 Å². The Morgan fingerprint density at radius 3 is 2.62 bits per heavy atom. The second-order valence-electron chi connectivity index (χ2n) is 7.69. The van der Waals surface area contributed by atoms with Gasteiger partial charge < -0.3 is 14.8 Å². The van der Waals surface area contributed by atoms with Crippen LogP contribution in [-0.4, -0.2) is 23.0 Å². The summed E-state index contributed by atoms with van der Waals surface area (Å²) in [4.78, 5) is 14.7. The number of rotatable bonds is 7. The Morgan fingerprint density at radius 1 is 1.15 bits per heavy atom. The fourth-order valence-electron chi connectivity index (χ4n) is 3.68. The maximum atomic E-state index is 13.4. The number of thiocarbonyl (C=S) groups is 1. The molecule has 1 heterocycles. The third-order valence-electron chi connectivity index (χ3n) is 5.48. The highest BCUT2D eigenvalue weighted by Gasteiger charge is 2.34. The number of carbonyl (C=O) groups excluding carboxylic acids is 1. The van der Waals surface area contributed by atoms with Gasteiger partial charge in [-0.05, 0) is 60.6 Å². The Bertz CT molecular complexity index is 1270. The molecule has 0 aromatic heterocycles. The number of benzene rings is 3. The van der Waals surface area contributed by atoms with Gasteiger partial charge in [-0.3, -0.25) is 9.69 Å². The minimum absolute atomic E-state index is 0.0148. The number of amides is 1. The van der Waals surface area contributed by atoms with Gasteiger partial charge in [-0.1, -0.05) is 48.0 Å². The normalized spacial score (nSPS) is 15.4. The summed E-state index contributed by atoms with van der Waals surface area (Å²) in [6.07, 6.45) is 1.74. The highest BCUT2D eigenvalue weighted by molar-refractivity contribution is 7.80. The first-order chi connectivity index (χ1) is 16.4. The number of hydrogen-bond donors (Lipinski definition) is 1. The lowest BCUT2D eigenvalue weighted by Gasteiger charge is -2.23. The SMILES string of the molecule is COc1ccc(/C=C2\NC(=S)N(C(C)c3ccccc3)C2=O)cc1COc1ccc(F)c(Cl)c1. The van der Waals surface area contributed by atoms with Crippen molar-refractivity contribution < 1.29 is 18.7 Å². The molecule has 8 heteroatoms. The van der Waals surface area contributed by atoms with E-state index in [2.05, 4.69) is 5.32 Å². The topological polar surface area (TPSA) is 50.8 Å². The predicted molar refractivity (Wildman–Crippen MR) is 134 cm³/mol. The van der Waals surface area contributed by atoms with Gasteiger partial charge >= 0.3 is 0 Å². The van der Waals surface area contributed by atoms with Crippen LogP contribution >= 0.6 is 23.8 Å². The summed E-state index contributed by atoms with van der Waals surface area (Å²) in [7, 11) is 1.56. The second-order valence-corrected chi connectivity index (χ2v) is 8.48. The van der Waals surface area contributed by atoms with Gasteiger partial charge in [0, 0.05) is 11.6 Å². The number of nitrogens with one attached hydrogen (secondary N) is 1. The van der Waals surface area contributed by atoms with Crippen molar-refractivity contribution in [3.8, 4) is 11.5 Å². The smallest absolute Gasteiger partial charge is 0.277 e. The molecule has 1 unspecified atom stereocenters. The Labute approximate surface area is 207 Å². The number of hydrogen-bond acceptors (Lipinski definition) is 4. The van der Waals surface area contributed by atoms with Crippen LogP contribution in [0.1, 0.15) is 29.7 Å². The van der Waals surface area contributed by atoms with Crippen molar-refractivity contribution in [3.63, 3.8) is 0 Å². The Hall–Kier alpha value is -3.42. The van der Waals surface area contributed by atoms with Crippen LogP contribution in [0.15, 0.2) is 72.4 Å².